The van der Waals surface area contributed by atoms with Crippen molar-refractivity contribution in [2.75, 3.05) is 11.4 Å². The van der Waals surface area contributed by atoms with Crippen LogP contribution in [0, 0.1) is 5.21 Å². The average Bonchev–Trinajstić information content (AvgIpc) is 2.29. The first kappa shape index (κ1) is 10.7. The third-order valence-electron chi connectivity index (χ3n) is 2.89. The number of pyridine rings is 1. The van der Waals surface area contributed by atoms with E-state index in [0.29, 0.717) is 18.8 Å². The van der Waals surface area contributed by atoms with Crippen LogP contribution in [0.3, 0.4) is 0 Å². The minimum atomic E-state index is -0.858. The predicted molar refractivity (Wildman–Crippen MR) is 58.0 cm³/mol. The van der Waals surface area contributed by atoms with E-state index in [1.807, 2.05) is 0 Å². The molecule has 86 valence electrons. The van der Waals surface area contributed by atoms with E-state index in [2.05, 4.69) is 0 Å². The van der Waals surface area contributed by atoms with Gasteiger partial charge in [0.15, 0.2) is 6.04 Å². The first-order valence-electron chi connectivity index (χ1n) is 5.38. The molecule has 0 spiro atoms. The zero-order chi connectivity index (χ0) is 11.5. The van der Waals surface area contributed by atoms with Crippen molar-refractivity contribution in [3.8, 4) is 0 Å². The van der Waals surface area contributed by atoms with Gasteiger partial charge in [-0.2, -0.15) is 0 Å². The summed E-state index contributed by atoms with van der Waals surface area (Å²) >= 11 is 0. The number of piperidine rings is 1. The largest absolute Gasteiger partial charge is 0.711 e. The molecular weight excluding hydrogens is 208 g/mol. The highest BCUT2D eigenvalue weighted by Gasteiger charge is 2.35. The van der Waals surface area contributed by atoms with Crippen molar-refractivity contribution in [2.45, 2.75) is 25.3 Å². The highest BCUT2D eigenvalue weighted by atomic mass is 16.5. The number of anilines is 1. The maximum Gasteiger partial charge on any atom is 0.348 e. The van der Waals surface area contributed by atoms with Gasteiger partial charge in [-0.3, -0.25) is 0 Å². The molecule has 1 saturated heterocycles. The summed E-state index contributed by atoms with van der Waals surface area (Å²) in [6.07, 6.45) is 3.82. The number of aromatic nitrogens is 1. The molecule has 5 heteroatoms. The second-order valence-corrected chi connectivity index (χ2v) is 3.93. The van der Waals surface area contributed by atoms with Gasteiger partial charge in [0.2, 0.25) is 0 Å². The summed E-state index contributed by atoms with van der Waals surface area (Å²) in [6.45, 7) is 0.628. The van der Waals surface area contributed by atoms with Gasteiger partial charge in [0.05, 0.1) is 12.7 Å². The second kappa shape index (κ2) is 4.38. The van der Waals surface area contributed by atoms with Crippen molar-refractivity contribution in [3.63, 3.8) is 0 Å². The summed E-state index contributed by atoms with van der Waals surface area (Å²) in [5, 5.41) is 20.7. The Morgan fingerprint density at radius 2 is 2.31 bits per heavy atom. The van der Waals surface area contributed by atoms with Gasteiger partial charge in [-0.05, 0) is 25.3 Å². The van der Waals surface area contributed by atoms with Gasteiger partial charge in [-0.1, -0.05) is 6.07 Å². The SMILES string of the molecule is O=C(O)[C@@H]1CCCCN1c1cccc[n+]1[O-]. The second-order valence-electron chi connectivity index (χ2n) is 3.93. The van der Waals surface area contributed by atoms with E-state index in [1.165, 1.54) is 6.20 Å². The van der Waals surface area contributed by atoms with E-state index in [9.17, 15) is 10.0 Å². The van der Waals surface area contributed by atoms with Crippen molar-refractivity contribution < 1.29 is 14.6 Å². The molecule has 16 heavy (non-hydrogen) atoms. The fourth-order valence-corrected chi connectivity index (χ4v) is 2.10. The fraction of sp³-hybridized carbons (Fsp3) is 0.455. The number of carboxylic acids is 1. The molecule has 1 aliphatic heterocycles. The fourth-order valence-electron chi connectivity index (χ4n) is 2.10. The molecule has 2 rings (SSSR count). The number of carbonyl (C=O) groups is 1. The molecule has 1 atom stereocenters. The van der Waals surface area contributed by atoms with E-state index < -0.39 is 12.0 Å². The number of carboxylic acid groups (broad SMARTS) is 1. The van der Waals surface area contributed by atoms with Gasteiger partial charge in [0.1, 0.15) is 0 Å². The minimum Gasteiger partial charge on any atom is -0.711 e. The van der Waals surface area contributed by atoms with E-state index in [-0.39, 0.29) is 0 Å². The van der Waals surface area contributed by atoms with Crippen molar-refractivity contribution >= 4 is 11.8 Å². The van der Waals surface area contributed by atoms with Crippen LogP contribution in [0.15, 0.2) is 24.4 Å². The summed E-state index contributed by atoms with van der Waals surface area (Å²) < 4.78 is 0.723. The van der Waals surface area contributed by atoms with Crippen molar-refractivity contribution in [2.24, 2.45) is 0 Å². The van der Waals surface area contributed by atoms with Crippen LogP contribution >= 0.6 is 0 Å². The van der Waals surface area contributed by atoms with Crippen LogP contribution in [0.4, 0.5) is 5.82 Å². The number of hydrogen-bond acceptors (Lipinski definition) is 3. The highest BCUT2D eigenvalue weighted by molar-refractivity contribution is 5.77. The number of rotatable bonds is 2. The predicted octanol–water partition coefficient (Wildman–Crippen LogP) is 0.764. The maximum atomic E-state index is 11.6. The molecule has 1 fully saturated rings. The van der Waals surface area contributed by atoms with Crippen molar-refractivity contribution in [1.29, 1.82) is 0 Å². The summed E-state index contributed by atoms with van der Waals surface area (Å²) in [5.41, 5.74) is 0. The molecule has 1 N–H and O–H groups in total. The Labute approximate surface area is 93.5 Å². The molecule has 0 aromatic carbocycles. The van der Waals surface area contributed by atoms with E-state index in [0.717, 1.165) is 17.6 Å². The molecule has 5 nitrogen and oxygen atoms in total. The standard InChI is InChI=1S/C11H14N2O3/c14-11(15)9-5-1-3-7-12(9)10-6-2-4-8-13(10)16/h2,4,6,8-9H,1,3,5,7H2,(H,14,15)/t9-/m0/s1. The van der Waals surface area contributed by atoms with Crippen LogP contribution in [-0.2, 0) is 4.79 Å². The smallest absolute Gasteiger partial charge is 0.348 e. The third-order valence-corrected chi connectivity index (χ3v) is 2.89. The van der Waals surface area contributed by atoms with Crippen molar-refractivity contribution in [1.82, 2.24) is 0 Å². The lowest BCUT2D eigenvalue weighted by Crippen LogP contribution is -2.49. The van der Waals surface area contributed by atoms with Gasteiger partial charge in [0.25, 0.3) is 5.82 Å². The molecule has 1 aromatic heterocycles. The van der Waals surface area contributed by atoms with Crippen molar-refractivity contribution in [3.05, 3.63) is 29.6 Å². The minimum absolute atomic E-state index is 0.426. The Hall–Kier alpha value is -1.78. The highest BCUT2D eigenvalue weighted by Crippen LogP contribution is 2.21. The first-order valence-corrected chi connectivity index (χ1v) is 5.38. The van der Waals surface area contributed by atoms with Crippen LogP contribution in [0.5, 0.6) is 0 Å². The molecule has 2 heterocycles. The summed E-state index contributed by atoms with van der Waals surface area (Å²) in [4.78, 5) is 12.8. The van der Waals surface area contributed by atoms with E-state index in [4.69, 9.17) is 5.11 Å². The van der Waals surface area contributed by atoms with Crippen LogP contribution in [0.2, 0.25) is 0 Å². The summed E-state index contributed by atoms with van der Waals surface area (Å²) in [5.74, 6) is -0.432. The Morgan fingerprint density at radius 3 is 3.00 bits per heavy atom. The molecule has 1 aliphatic rings. The van der Waals surface area contributed by atoms with Crippen LogP contribution in [0.1, 0.15) is 19.3 Å². The lowest BCUT2D eigenvalue weighted by Gasteiger charge is -2.29. The molecule has 0 unspecified atom stereocenters. The van der Waals surface area contributed by atoms with Gasteiger partial charge < -0.3 is 10.3 Å². The number of nitrogens with zero attached hydrogens (tertiary/aromatic N) is 2. The van der Waals surface area contributed by atoms with Crippen LogP contribution < -0.4 is 9.63 Å². The lowest BCUT2D eigenvalue weighted by atomic mass is 10.0. The van der Waals surface area contributed by atoms with Gasteiger partial charge in [0, 0.05) is 6.07 Å². The third kappa shape index (κ3) is 1.93. The lowest BCUT2D eigenvalue weighted by molar-refractivity contribution is -0.592. The molecular formula is C11H14N2O3. The summed E-state index contributed by atoms with van der Waals surface area (Å²) in [7, 11) is 0. The van der Waals surface area contributed by atoms with Gasteiger partial charge in [-0.25, -0.2) is 14.4 Å². The van der Waals surface area contributed by atoms with Gasteiger partial charge >= 0.3 is 5.97 Å². The molecule has 0 saturated carbocycles. The first-order chi connectivity index (χ1) is 7.70. The molecule has 0 bridgehead atoms. The zero-order valence-electron chi connectivity index (χ0n) is 8.87. The zero-order valence-corrected chi connectivity index (χ0v) is 8.87. The quantitative estimate of drug-likeness (QED) is 0.592. The van der Waals surface area contributed by atoms with Crippen LogP contribution in [-0.4, -0.2) is 23.7 Å². The molecule has 0 amide bonds. The van der Waals surface area contributed by atoms with E-state index in [1.54, 1.807) is 23.1 Å². The number of hydrogen-bond donors (Lipinski definition) is 1. The Morgan fingerprint density at radius 1 is 1.50 bits per heavy atom. The number of aliphatic carboxylic acids is 1. The Bertz CT molecular complexity index is 395. The average molecular weight is 222 g/mol. The van der Waals surface area contributed by atoms with Gasteiger partial charge in [-0.15, -0.1) is 0 Å². The molecule has 0 aliphatic carbocycles. The normalized spacial score (nSPS) is 20.8. The molecule has 1 aromatic rings. The van der Waals surface area contributed by atoms with Crippen LogP contribution in [0.25, 0.3) is 0 Å². The maximum absolute atomic E-state index is 11.6. The summed E-state index contributed by atoms with van der Waals surface area (Å²) in [6, 6.07) is 4.47. The Kier molecular flexibility index (Phi) is 2.94. The monoisotopic (exact) mass is 222 g/mol. The topological polar surface area (TPSA) is 67.5 Å². The molecule has 0 radical (unpaired) electrons. The van der Waals surface area contributed by atoms with E-state index >= 15 is 0 Å². The Balaban J connectivity index is 2.30.